The van der Waals surface area contributed by atoms with Gasteiger partial charge in [-0.2, -0.15) is 0 Å². The van der Waals surface area contributed by atoms with Crippen LogP contribution in [0.25, 0.3) is 0 Å². The molecule has 0 aliphatic rings. The number of carbonyl (C=O) groups is 1. The van der Waals surface area contributed by atoms with E-state index in [0.717, 1.165) is 0 Å². The third-order valence-corrected chi connectivity index (χ3v) is 2.59. The van der Waals surface area contributed by atoms with E-state index in [2.05, 4.69) is 4.98 Å². The van der Waals surface area contributed by atoms with Gasteiger partial charge >= 0.3 is 5.97 Å². The van der Waals surface area contributed by atoms with Crippen molar-refractivity contribution < 1.29 is 15.0 Å². The van der Waals surface area contributed by atoms with Gasteiger partial charge in [0.2, 0.25) is 0 Å². The Kier molecular flexibility index (Phi) is 3.14. The minimum atomic E-state index is -1.16. The number of rotatable bonds is 3. The zero-order chi connectivity index (χ0) is 13.1. The van der Waals surface area contributed by atoms with E-state index in [0.29, 0.717) is 11.5 Å². The van der Waals surface area contributed by atoms with Gasteiger partial charge < -0.3 is 15.1 Å². The Bertz CT molecular complexity index is 570. The first-order valence-corrected chi connectivity index (χ1v) is 5.30. The van der Waals surface area contributed by atoms with Crippen molar-refractivity contribution in [2.24, 2.45) is 0 Å². The molecule has 0 saturated heterocycles. The van der Waals surface area contributed by atoms with Crippen molar-refractivity contribution in [3.8, 4) is 5.75 Å². The first kappa shape index (κ1) is 11.9. The van der Waals surface area contributed by atoms with Crippen LogP contribution in [-0.4, -0.2) is 28.2 Å². The average molecular weight is 244 g/mol. The molecule has 0 radical (unpaired) electrons. The van der Waals surface area contributed by atoms with E-state index in [1.54, 1.807) is 30.3 Å². The molecule has 5 heteroatoms. The second kappa shape index (κ2) is 4.75. The second-order valence-electron chi connectivity index (χ2n) is 3.75. The first-order chi connectivity index (χ1) is 8.59. The molecule has 0 fully saturated rings. The highest BCUT2D eigenvalue weighted by Crippen LogP contribution is 2.27. The lowest BCUT2D eigenvalue weighted by molar-refractivity contribution is 0.0694. The van der Waals surface area contributed by atoms with Crippen LogP contribution in [0.5, 0.6) is 5.75 Å². The summed E-state index contributed by atoms with van der Waals surface area (Å²) in [6.45, 7) is 0. The Balaban J connectivity index is 2.40. The van der Waals surface area contributed by atoms with Gasteiger partial charge in [-0.3, -0.25) is 0 Å². The second-order valence-corrected chi connectivity index (χ2v) is 3.75. The van der Waals surface area contributed by atoms with E-state index in [-0.39, 0.29) is 11.3 Å². The van der Waals surface area contributed by atoms with Crippen LogP contribution in [0.3, 0.4) is 0 Å². The number of hydrogen-bond donors (Lipinski definition) is 2. The minimum absolute atomic E-state index is 0.129. The Morgan fingerprint density at radius 2 is 2.06 bits per heavy atom. The molecule has 0 amide bonds. The number of aromatic carboxylic acids is 1. The average Bonchev–Trinajstić information content (AvgIpc) is 2.39. The van der Waals surface area contributed by atoms with Gasteiger partial charge in [0.15, 0.2) is 0 Å². The summed E-state index contributed by atoms with van der Waals surface area (Å²) in [5, 5.41) is 18.4. The monoisotopic (exact) mass is 244 g/mol. The van der Waals surface area contributed by atoms with Gasteiger partial charge in [-0.15, -0.1) is 0 Å². The van der Waals surface area contributed by atoms with Crippen LogP contribution in [0.15, 0.2) is 42.6 Å². The smallest absolute Gasteiger partial charge is 0.339 e. The molecule has 2 rings (SSSR count). The van der Waals surface area contributed by atoms with Crippen molar-refractivity contribution in [1.82, 2.24) is 4.98 Å². The van der Waals surface area contributed by atoms with E-state index in [1.165, 1.54) is 12.1 Å². The van der Waals surface area contributed by atoms with Crippen molar-refractivity contribution in [2.45, 2.75) is 0 Å². The molecule has 1 heterocycles. The fourth-order valence-corrected chi connectivity index (χ4v) is 1.59. The molecule has 2 aromatic rings. The Labute approximate surface area is 104 Å². The van der Waals surface area contributed by atoms with Crippen molar-refractivity contribution >= 4 is 17.5 Å². The summed E-state index contributed by atoms with van der Waals surface area (Å²) >= 11 is 0. The van der Waals surface area contributed by atoms with E-state index >= 15 is 0 Å². The zero-order valence-corrected chi connectivity index (χ0v) is 9.74. The van der Waals surface area contributed by atoms with Gasteiger partial charge in [0, 0.05) is 18.9 Å². The summed E-state index contributed by atoms with van der Waals surface area (Å²) in [4.78, 5) is 16.8. The van der Waals surface area contributed by atoms with Crippen LogP contribution in [0.2, 0.25) is 0 Å². The van der Waals surface area contributed by atoms with Crippen LogP contribution >= 0.6 is 0 Å². The largest absolute Gasteiger partial charge is 0.507 e. The van der Waals surface area contributed by atoms with E-state index in [1.807, 2.05) is 12.1 Å². The molecule has 18 heavy (non-hydrogen) atoms. The number of carboxylic acid groups (broad SMARTS) is 1. The normalized spacial score (nSPS) is 10.1. The number of nitrogens with zero attached hydrogens (tertiary/aromatic N) is 2. The Morgan fingerprint density at radius 1 is 1.28 bits per heavy atom. The summed E-state index contributed by atoms with van der Waals surface area (Å²) in [7, 11) is 1.78. The highest BCUT2D eigenvalue weighted by Gasteiger charge is 2.13. The molecule has 2 N–H and O–H groups in total. The molecule has 0 spiro atoms. The van der Waals surface area contributed by atoms with Crippen LogP contribution in [0, 0.1) is 0 Å². The molecule has 92 valence electrons. The lowest BCUT2D eigenvalue weighted by atomic mass is 10.1. The zero-order valence-electron chi connectivity index (χ0n) is 9.74. The Morgan fingerprint density at radius 3 is 2.67 bits per heavy atom. The number of pyridine rings is 1. The standard InChI is InChI=1S/C13H12N2O3/c1-15(12-4-2-3-7-14-12)9-5-6-11(16)10(8-9)13(17)18/h2-8,16H,1H3,(H,17,18). The summed E-state index contributed by atoms with van der Waals surface area (Å²) in [5.74, 6) is -0.719. The molecule has 0 unspecified atom stereocenters. The fourth-order valence-electron chi connectivity index (χ4n) is 1.59. The minimum Gasteiger partial charge on any atom is -0.507 e. The molecule has 0 aliphatic heterocycles. The molecule has 1 aromatic heterocycles. The maximum atomic E-state index is 10.9. The van der Waals surface area contributed by atoms with Gasteiger partial charge in [0.05, 0.1) is 0 Å². The number of phenols is 1. The van der Waals surface area contributed by atoms with Gasteiger partial charge in [-0.25, -0.2) is 9.78 Å². The van der Waals surface area contributed by atoms with Crippen LogP contribution in [-0.2, 0) is 0 Å². The number of aromatic hydroxyl groups is 1. The molecular formula is C13H12N2O3. The maximum Gasteiger partial charge on any atom is 0.339 e. The van der Waals surface area contributed by atoms with Crippen molar-refractivity contribution in [2.75, 3.05) is 11.9 Å². The molecule has 1 aromatic carbocycles. The number of anilines is 2. The van der Waals surface area contributed by atoms with E-state index in [9.17, 15) is 9.90 Å². The van der Waals surface area contributed by atoms with Crippen molar-refractivity contribution in [1.29, 1.82) is 0 Å². The predicted octanol–water partition coefficient (Wildman–Crippen LogP) is 2.25. The molecule has 5 nitrogen and oxygen atoms in total. The molecule has 0 bridgehead atoms. The quantitative estimate of drug-likeness (QED) is 0.866. The lowest BCUT2D eigenvalue weighted by Gasteiger charge is -2.18. The highest BCUT2D eigenvalue weighted by atomic mass is 16.4. The van der Waals surface area contributed by atoms with Gasteiger partial charge in [0.1, 0.15) is 17.1 Å². The van der Waals surface area contributed by atoms with Crippen LogP contribution < -0.4 is 4.90 Å². The van der Waals surface area contributed by atoms with Crippen molar-refractivity contribution in [3.05, 3.63) is 48.2 Å². The molecular weight excluding hydrogens is 232 g/mol. The van der Waals surface area contributed by atoms with Crippen LogP contribution in [0.1, 0.15) is 10.4 Å². The van der Waals surface area contributed by atoms with Crippen LogP contribution in [0.4, 0.5) is 11.5 Å². The Hall–Kier alpha value is -2.56. The number of benzene rings is 1. The molecule has 0 saturated carbocycles. The van der Waals surface area contributed by atoms with Gasteiger partial charge in [-0.05, 0) is 30.3 Å². The van der Waals surface area contributed by atoms with E-state index in [4.69, 9.17) is 5.11 Å². The third-order valence-electron chi connectivity index (χ3n) is 2.59. The summed E-state index contributed by atoms with van der Waals surface area (Å²) in [5.41, 5.74) is 0.513. The predicted molar refractivity (Wildman–Crippen MR) is 67.4 cm³/mol. The van der Waals surface area contributed by atoms with Gasteiger partial charge in [-0.1, -0.05) is 6.07 Å². The highest BCUT2D eigenvalue weighted by molar-refractivity contribution is 5.92. The topological polar surface area (TPSA) is 73.7 Å². The van der Waals surface area contributed by atoms with Crippen molar-refractivity contribution in [3.63, 3.8) is 0 Å². The number of aromatic nitrogens is 1. The third kappa shape index (κ3) is 2.24. The number of hydrogen-bond acceptors (Lipinski definition) is 4. The van der Waals surface area contributed by atoms with Gasteiger partial charge in [0.25, 0.3) is 0 Å². The maximum absolute atomic E-state index is 10.9. The summed E-state index contributed by atoms with van der Waals surface area (Å²) in [6, 6.07) is 9.86. The molecule has 0 aliphatic carbocycles. The van der Waals surface area contributed by atoms with E-state index < -0.39 is 5.97 Å². The fraction of sp³-hybridized carbons (Fsp3) is 0.0769. The first-order valence-electron chi connectivity index (χ1n) is 5.30. The SMILES string of the molecule is CN(c1ccc(O)c(C(=O)O)c1)c1ccccn1. The molecule has 0 atom stereocenters. The summed E-state index contributed by atoms with van der Waals surface area (Å²) in [6.07, 6.45) is 1.66. The number of carboxylic acids is 1. The summed E-state index contributed by atoms with van der Waals surface area (Å²) < 4.78 is 0. The lowest BCUT2D eigenvalue weighted by Crippen LogP contribution is -2.11.